The fourth-order valence-corrected chi connectivity index (χ4v) is 6.58. The first-order valence-corrected chi connectivity index (χ1v) is 10.7. The van der Waals surface area contributed by atoms with Crippen molar-refractivity contribution in [2.45, 2.75) is 42.8 Å². The zero-order valence-electron chi connectivity index (χ0n) is 16.3. The standard InChI is InChI=1S/C22H22BrN3O3/c1-21(26(28)29)19(14-7-4-3-5-8-14)18-9-6-12-25(18)22(21)16-13-15(23)10-11-17(16)24(2)20(22)27/h3-5,7-8,10-11,13,18-19H,6,9,12H2,1-2H3/t18-,19-,21+,22-/m1/s1. The minimum Gasteiger partial charge on any atom is -0.313 e. The first-order valence-electron chi connectivity index (χ1n) is 9.89. The van der Waals surface area contributed by atoms with E-state index in [4.69, 9.17) is 0 Å². The van der Waals surface area contributed by atoms with Gasteiger partial charge in [-0.05, 0) is 36.6 Å². The van der Waals surface area contributed by atoms with Crippen LogP contribution in [-0.4, -0.2) is 40.9 Å². The number of anilines is 1. The van der Waals surface area contributed by atoms with E-state index >= 15 is 0 Å². The zero-order chi connectivity index (χ0) is 20.6. The molecule has 2 aromatic carbocycles. The van der Waals surface area contributed by atoms with Crippen LogP contribution in [0.5, 0.6) is 0 Å². The first kappa shape index (κ1) is 18.8. The van der Waals surface area contributed by atoms with Gasteiger partial charge in [0.1, 0.15) is 0 Å². The summed E-state index contributed by atoms with van der Waals surface area (Å²) in [7, 11) is 1.73. The lowest BCUT2D eigenvalue weighted by atomic mass is 9.67. The van der Waals surface area contributed by atoms with Crippen molar-refractivity contribution >= 4 is 27.5 Å². The number of halogens is 1. The van der Waals surface area contributed by atoms with Gasteiger partial charge in [0.25, 0.3) is 11.4 Å². The van der Waals surface area contributed by atoms with Gasteiger partial charge < -0.3 is 4.90 Å². The molecule has 6 nitrogen and oxygen atoms in total. The Bertz CT molecular complexity index is 1030. The van der Waals surface area contributed by atoms with Crippen LogP contribution in [-0.2, 0) is 10.3 Å². The van der Waals surface area contributed by atoms with Crippen molar-refractivity contribution in [3.8, 4) is 0 Å². The number of hydrogen-bond acceptors (Lipinski definition) is 4. The van der Waals surface area contributed by atoms with E-state index in [0.29, 0.717) is 6.54 Å². The fraction of sp³-hybridized carbons (Fsp3) is 0.409. The molecule has 3 heterocycles. The van der Waals surface area contributed by atoms with Gasteiger partial charge in [-0.25, -0.2) is 0 Å². The lowest BCUT2D eigenvalue weighted by molar-refractivity contribution is -0.579. The van der Waals surface area contributed by atoms with Crippen molar-refractivity contribution in [1.29, 1.82) is 0 Å². The van der Waals surface area contributed by atoms with Gasteiger partial charge in [0.15, 0.2) is 5.54 Å². The predicted octanol–water partition coefficient (Wildman–Crippen LogP) is 3.92. The van der Waals surface area contributed by atoms with Crippen LogP contribution in [0.3, 0.4) is 0 Å². The van der Waals surface area contributed by atoms with Gasteiger partial charge in [-0.3, -0.25) is 19.8 Å². The van der Waals surface area contributed by atoms with Crippen LogP contribution in [0.2, 0.25) is 0 Å². The Morgan fingerprint density at radius 2 is 1.93 bits per heavy atom. The molecular formula is C22H22BrN3O3. The molecule has 0 N–H and O–H groups in total. The molecule has 2 aromatic rings. The Morgan fingerprint density at radius 3 is 2.62 bits per heavy atom. The van der Waals surface area contributed by atoms with E-state index < -0.39 is 11.1 Å². The van der Waals surface area contributed by atoms with Gasteiger partial charge in [-0.1, -0.05) is 46.3 Å². The number of amides is 1. The van der Waals surface area contributed by atoms with Crippen LogP contribution >= 0.6 is 15.9 Å². The van der Waals surface area contributed by atoms with Crippen molar-refractivity contribution in [3.05, 3.63) is 74.2 Å². The number of rotatable bonds is 2. The second kappa shape index (κ2) is 6.12. The molecule has 150 valence electrons. The molecular weight excluding hydrogens is 434 g/mol. The van der Waals surface area contributed by atoms with Crippen LogP contribution in [0, 0.1) is 10.1 Å². The number of nitrogens with zero attached hydrogens (tertiary/aromatic N) is 3. The highest BCUT2D eigenvalue weighted by Gasteiger charge is 2.80. The van der Waals surface area contributed by atoms with Crippen LogP contribution in [0.25, 0.3) is 0 Å². The summed E-state index contributed by atoms with van der Waals surface area (Å²) in [4.78, 5) is 30.3. The van der Waals surface area contributed by atoms with Crippen LogP contribution in [0.1, 0.15) is 36.8 Å². The summed E-state index contributed by atoms with van der Waals surface area (Å²) in [5.41, 5.74) is -0.378. The third kappa shape index (κ3) is 2.07. The SMILES string of the molecule is CN1C(=O)[C@@]2(c3cc(Br)ccc31)N1CCC[C@@H]1[C@@H](c1ccccc1)[C@]2(C)[N+](=O)[O-]. The second-order valence-electron chi connectivity index (χ2n) is 8.43. The summed E-state index contributed by atoms with van der Waals surface area (Å²) >= 11 is 3.52. The monoisotopic (exact) mass is 455 g/mol. The van der Waals surface area contributed by atoms with Crippen molar-refractivity contribution in [1.82, 2.24) is 4.90 Å². The maximum Gasteiger partial charge on any atom is 0.259 e. The van der Waals surface area contributed by atoms with Crippen LogP contribution in [0.15, 0.2) is 53.0 Å². The van der Waals surface area contributed by atoms with E-state index in [0.717, 1.165) is 34.1 Å². The second-order valence-corrected chi connectivity index (χ2v) is 9.35. The topological polar surface area (TPSA) is 66.7 Å². The van der Waals surface area contributed by atoms with E-state index in [-0.39, 0.29) is 22.8 Å². The maximum absolute atomic E-state index is 13.9. The van der Waals surface area contributed by atoms with E-state index in [2.05, 4.69) is 20.8 Å². The number of fused-ring (bicyclic) bond motifs is 4. The minimum absolute atomic E-state index is 0.0462. The third-order valence-corrected chi connectivity index (χ3v) is 7.81. The number of nitro groups is 1. The van der Waals surface area contributed by atoms with Gasteiger partial charge >= 0.3 is 0 Å². The molecule has 4 atom stereocenters. The average Bonchev–Trinajstić information content (AvgIpc) is 3.31. The summed E-state index contributed by atoms with van der Waals surface area (Å²) in [6.45, 7) is 2.37. The van der Waals surface area contributed by atoms with Crippen molar-refractivity contribution in [3.63, 3.8) is 0 Å². The van der Waals surface area contributed by atoms with Gasteiger partial charge in [0.05, 0.1) is 5.92 Å². The Morgan fingerprint density at radius 1 is 1.21 bits per heavy atom. The highest BCUT2D eigenvalue weighted by atomic mass is 79.9. The highest BCUT2D eigenvalue weighted by Crippen LogP contribution is 2.64. The zero-order valence-corrected chi connectivity index (χ0v) is 17.9. The van der Waals surface area contributed by atoms with E-state index in [1.165, 1.54) is 0 Å². The molecule has 1 spiro atoms. The molecule has 0 aliphatic carbocycles. The van der Waals surface area contributed by atoms with Crippen LogP contribution < -0.4 is 4.90 Å². The summed E-state index contributed by atoms with van der Waals surface area (Å²) < 4.78 is 0.823. The maximum atomic E-state index is 13.9. The molecule has 3 aliphatic rings. The molecule has 7 heteroatoms. The lowest BCUT2D eigenvalue weighted by Gasteiger charge is -2.39. The Balaban J connectivity index is 1.87. The van der Waals surface area contributed by atoms with Gasteiger partial charge in [0.2, 0.25) is 0 Å². The summed E-state index contributed by atoms with van der Waals surface area (Å²) in [5, 5.41) is 12.8. The molecule has 5 rings (SSSR count). The van der Waals surface area contributed by atoms with Gasteiger partial charge in [-0.2, -0.15) is 0 Å². The largest absolute Gasteiger partial charge is 0.313 e. The van der Waals surface area contributed by atoms with E-state index in [1.54, 1.807) is 18.9 Å². The van der Waals surface area contributed by atoms with Crippen molar-refractivity contribution in [2.24, 2.45) is 0 Å². The van der Waals surface area contributed by atoms with Crippen molar-refractivity contribution < 1.29 is 9.72 Å². The lowest BCUT2D eigenvalue weighted by Crippen LogP contribution is -2.63. The molecule has 29 heavy (non-hydrogen) atoms. The smallest absolute Gasteiger partial charge is 0.259 e. The number of carbonyl (C=O) groups excluding carboxylic acids is 1. The van der Waals surface area contributed by atoms with E-state index in [1.807, 2.05) is 48.5 Å². The third-order valence-electron chi connectivity index (χ3n) is 7.31. The van der Waals surface area contributed by atoms with Gasteiger partial charge in [0, 0.05) is 47.2 Å². The highest BCUT2D eigenvalue weighted by molar-refractivity contribution is 9.10. The average molecular weight is 456 g/mol. The quantitative estimate of drug-likeness (QED) is 0.508. The summed E-state index contributed by atoms with van der Waals surface area (Å²) in [5.74, 6) is -0.571. The molecule has 3 aliphatic heterocycles. The molecule has 0 bridgehead atoms. The Hall–Kier alpha value is -2.25. The normalized spacial score (nSPS) is 33.3. The number of likely N-dealkylation sites (N-methyl/N-ethyl adjacent to an activating group) is 1. The van der Waals surface area contributed by atoms with Crippen molar-refractivity contribution in [2.75, 3.05) is 18.5 Å². The van der Waals surface area contributed by atoms with Crippen LogP contribution in [0.4, 0.5) is 5.69 Å². The predicted molar refractivity (Wildman–Crippen MR) is 114 cm³/mol. The minimum atomic E-state index is -1.49. The number of benzene rings is 2. The molecule has 2 fully saturated rings. The Labute approximate surface area is 177 Å². The molecule has 1 amide bonds. The molecule has 0 radical (unpaired) electrons. The molecule has 0 aromatic heterocycles. The molecule has 0 unspecified atom stereocenters. The van der Waals surface area contributed by atoms with Gasteiger partial charge in [-0.15, -0.1) is 0 Å². The number of hydrogen-bond donors (Lipinski definition) is 0. The summed E-state index contributed by atoms with van der Waals surface area (Å²) in [6.07, 6.45) is 1.79. The number of carbonyl (C=O) groups is 1. The molecule has 2 saturated heterocycles. The summed E-state index contributed by atoms with van der Waals surface area (Å²) in [6, 6.07) is 15.3. The fourth-order valence-electron chi connectivity index (χ4n) is 6.22. The molecule has 0 saturated carbocycles. The first-order chi connectivity index (χ1) is 13.8. The van der Waals surface area contributed by atoms with E-state index in [9.17, 15) is 14.9 Å². The Kier molecular flexibility index (Phi) is 3.96.